The maximum Gasteiger partial charge on any atom is 0.308 e. The lowest BCUT2D eigenvalue weighted by molar-refractivity contribution is -0.136. The maximum absolute atomic E-state index is 12.6. The first-order chi connectivity index (χ1) is 9.90. The molecule has 1 aliphatic carbocycles. The predicted octanol–water partition coefficient (Wildman–Crippen LogP) is 3.23. The summed E-state index contributed by atoms with van der Waals surface area (Å²) in [7, 11) is 0. The van der Waals surface area contributed by atoms with E-state index in [-0.39, 0.29) is 11.8 Å². The number of carbonyl (C=O) groups is 1. The third-order valence-corrected chi connectivity index (χ3v) is 4.28. The number of fused-ring (bicyclic) bond motifs is 1. The summed E-state index contributed by atoms with van der Waals surface area (Å²) in [5, 5.41) is 10.1. The number of hydrogen-bond donors (Lipinski definition) is 1. The van der Waals surface area contributed by atoms with Crippen molar-refractivity contribution in [1.82, 2.24) is 4.57 Å². The molecular formula is C16H16ClNO3. The summed E-state index contributed by atoms with van der Waals surface area (Å²) in [6, 6.07) is 3.86. The van der Waals surface area contributed by atoms with Gasteiger partial charge >= 0.3 is 5.97 Å². The fourth-order valence-electron chi connectivity index (χ4n) is 3.02. The van der Waals surface area contributed by atoms with E-state index in [4.69, 9.17) is 16.7 Å². The maximum atomic E-state index is 12.6. The Hall–Kier alpha value is -1.81. The Balaban J connectivity index is 2.45. The minimum Gasteiger partial charge on any atom is -0.481 e. The van der Waals surface area contributed by atoms with E-state index < -0.39 is 5.97 Å². The Morgan fingerprint density at radius 1 is 1.38 bits per heavy atom. The molecule has 21 heavy (non-hydrogen) atoms. The normalized spacial score (nSPS) is 14.6. The smallest absolute Gasteiger partial charge is 0.308 e. The number of aliphatic carboxylic acids is 1. The molecule has 0 bridgehead atoms. The second-order valence-electron chi connectivity index (χ2n) is 5.68. The lowest BCUT2D eigenvalue weighted by Gasteiger charge is -2.19. The van der Waals surface area contributed by atoms with Crippen LogP contribution in [-0.4, -0.2) is 15.6 Å². The van der Waals surface area contributed by atoms with E-state index in [1.165, 1.54) is 0 Å². The summed E-state index contributed by atoms with van der Waals surface area (Å²) >= 11 is 6.08. The van der Waals surface area contributed by atoms with Gasteiger partial charge in [-0.3, -0.25) is 9.59 Å². The first kappa shape index (κ1) is 14.1. The molecule has 1 heterocycles. The minimum absolute atomic E-state index is 0.215. The van der Waals surface area contributed by atoms with Crippen molar-refractivity contribution in [3.63, 3.8) is 0 Å². The molecule has 0 amide bonds. The van der Waals surface area contributed by atoms with Crippen LogP contribution in [0.25, 0.3) is 10.9 Å². The second-order valence-corrected chi connectivity index (χ2v) is 6.12. The van der Waals surface area contributed by atoms with Crippen LogP contribution in [0.3, 0.4) is 0 Å². The van der Waals surface area contributed by atoms with Crippen LogP contribution in [0.1, 0.15) is 35.7 Å². The number of hydrogen-bond acceptors (Lipinski definition) is 2. The standard InChI is InChI=1S/C16H16ClNO3/c1-8-5-10(17)6-13-15(8)18(11-3-4-11)9(2)12(16(13)21)7-14(19)20/h5-6,11H,3-4,7H2,1-2H3,(H,19,20). The van der Waals surface area contributed by atoms with Crippen LogP contribution in [0.5, 0.6) is 0 Å². The molecule has 0 unspecified atom stereocenters. The molecule has 1 N–H and O–H groups in total. The molecule has 2 aromatic rings. The Kier molecular flexibility index (Phi) is 3.29. The number of pyridine rings is 1. The van der Waals surface area contributed by atoms with Gasteiger partial charge in [-0.25, -0.2) is 0 Å². The zero-order valence-corrected chi connectivity index (χ0v) is 12.7. The summed E-state index contributed by atoms with van der Waals surface area (Å²) in [4.78, 5) is 23.7. The average Bonchev–Trinajstić information content (AvgIpc) is 3.20. The molecule has 3 rings (SSSR count). The SMILES string of the molecule is Cc1cc(Cl)cc2c(=O)c(CC(=O)O)c(C)n(C3CC3)c12. The van der Waals surface area contributed by atoms with E-state index in [9.17, 15) is 9.59 Å². The van der Waals surface area contributed by atoms with Crippen molar-refractivity contribution in [3.8, 4) is 0 Å². The molecule has 0 radical (unpaired) electrons. The fourth-order valence-corrected chi connectivity index (χ4v) is 3.29. The van der Waals surface area contributed by atoms with Gasteiger partial charge in [0.1, 0.15) is 0 Å². The van der Waals surface area contributed by atoms with Crippen molar-refractivity contribution in [2.45, 2.75) is 39.2 Å². The van der Waals surface area contributed by atoms with E-state index in [1.807, 2.05) is 19.9 Å². The Morgan fingerprint density at radius 3 is 2.62 bits per heavy atom. The van der Waals surface area contributed by atoms with E-state index in [0.717, 1.165) is 29.6 Å². The zero-order valence-electron chi connectivity index (χ0n) is 11.9. The molecule has 1 aromatic carbocycles. The lowest BCUT2D eigenvalue weighted by atomic mass is 10.0. The lowest BCUT2D eigenvalue weighted by Crippen LogP contribution is -2.21. The minimum atomic E-state index is -0.990. The first-order valence-electron chi connectivity index (χ1n) is 6.95. The topological polar surface area (TPSA) is 59.3 Å². The van der Waals surface area contributed by atoms with Gasteiger partial charge in [-0.2, -0.15) is 0 Å². The molecule has 1 saturated carbocycles. The van der Waals surface area contributed by atoms with Gasteiger partial charge in [0, 0.05) is 27.7 Å². The van der Waals surface area contributed by atoms with Crippen molar-refractivity contribution in [2.75, 3.05) is 0 Å². The quantitative estimate of drug-likeness (QED) is 0.947. The molecule has 1 fully saturated rings. The largest absolute Gasteiger partial charge is 0.481 e. The number of aryl methyl sites for hydroxylation is 1. The van der Waals surface area contributed by atoms with Gasteiger partial charge < -0.3 is 9.67 Å². The summed E-state index contributed by atoms with van der Waals surface area (Å²) in [6.45, 7) is 3.77. The van der Waals surface area contributed by atoms with Crippen LogP contribution in [0.15, 0.2) is 16.9 Å². The molecule has 5 heteroatoms. The van der Waals surface area contributed by atoms with E-state index in [2.05, 4.69) is 4.57 Å². The van der Waals surface area contributed by atoms with Crippen LogP contribution < -0.4 is 5.43 Å². The number of halogens is 1. The van der Waals surface area contributed by atoms with Crippen LogP contribution in [0, 0.1) is 13.8 Å². The number of rotatable bonds is 3. The Labute approximate surface area is 127 Å². The third kappa shape index (κ3) is 2.33. The Morgan fingerprint density at radius 2 is 2.05 bits per heavy atom. The van der Waals surface area contributed by atoms with Crippen LogP contribution in [-0.2, 0) is 11.2 Å². The van der Waals surface area contributed by atoms with Crippen molar-refractivity contribution < 1.29 is 9.90 Å². The first-order valence-corrected chi connectivity index (χ1v) is 7.33. The van der Waals surface area contributed by atoms with E-state index >= 15 is 0 Å². The van der Waals surface area contributed by atoms with E-state index in [0.29, 0.717) is 22.0 Å². The van der Waals surface area contributed by atoms with Gasteiger partial charge in [0.2, 0.25) is 0 Å². The van der Waals surface area contributed by atoms with Gasteiger partial charge in [0.15, 0.2) is 5.43 Å². The molecular weight excluding hydrogens is 290 g/mol. The summed E-state index contributed by atoms with van der Waals surface area (Å²) in [5.74, 6) is -0.990. The molecule has 110 valence electrons. The van der Waals surface area contributed by atoms with Crippen LogP contribution in [0.4, 0.5) is 0 Å². The zero-order chi connectivity index (χ0) is 15.3. The Bertz CT molecular complexity index is 819. The molecule has 0 spiro atoms. The third-order valence-electron chi connectivity index (χ3n) is 4.06. The molecule has 4 nitrogen and oxygen atoms in total. The summed E-state index contributed by atoms with van der Waals surface area (Å²) in [5.41, 5.74) is 2.75. The second kappa shape index (κ2) is 4.88. The number of benzene rings is 1. The highest BCUT2D eigenvalue weighted by Gasteiger charge is 2.29. The van der Waals surface area contributed by atoms with Gasteiger partial charge in [-0.15, -0.1) is 0 Å². The van der Waals surface area contributed by atoms with Gasteiger partial charge in [-0.1, -0.05) is 11.6 Å². The number of carboxylic acids is 1. The van der Waals surface area contributed by atoms with Crippen molar-refractivity contribution in [2.24, 2.45) is 0 Å². The molecule has 1 aromatic heterocycles. The van der Waals surface area contributed by atoms with Gasteiger partial charge in [0.25, 0.3) is 0 Å². The molecule has 0 atom stereocenters. The molecule has 0 saturated heterocycles. The highest BCUT2D eigenvalue weighted by atomic mass is 35.5. The van der Waals surface area contributed by atoms with Gasteiger partial charge in [-0.05, 0) is 44.4 Å². The molecule has 0 aliphatic heterocycles. The van der Waals surface area contributed by atoms with Crippen LogP contribution in [0.2, 0.25) is 5.02 Å². The summed E-state index contributed by atoms with van der Waals surface area (Å²) in [6.07, 6.45) is 1.87. The number of nitrogens with zero attached hydrogens (tertiary/aromatic N) is 1. The number of aromatic nitrogens is 1. The number of carboxylic acid groups (broad SMARTS) is 1. The van der Waals surface area contributed by atoms with Crippen LogP contribution >= 0.6 is 11.6 Å². The average molecular weight is 306 g/mol. The highest BCUT2D eigenvalue weighted by molar-refractivity contribution is 6.31. The van der Waals surface area contributed by atoms with Gasteiger partial charge in [0.05, 0.1) is 11.9 Å². The van der Waals surface area contributed by atoms with Crippen molar-refractivity contribution in [1.29, 1.82) is 0 Å². The van der Waals surface area contributed by atoms with E-state index in [1.54, 1.807) is 6.07 Å². The van der Waals surface area contributed by atoms with Crippen molar-refractivity contribution >= 4 is 28.5 Å². The van der Waals surface area contributed by atoms with Crippen molar-refractivity contribution in [3.05, 3.63) is 44.2 Å². The summed E-state index contributed by atoms with van der Waals surface area (Å²) < 4.78 is 2.13. The molecule has 1 aliphatic rings. The monoisotopic (exact) mass is 305 g/mol. The highest BCUT2D eigenvalue weighted by Crippen LogP contribution is 2.39. The predicted molar refractivity (Wildman–Crippen MR) is 82.3 cm³/mol. The fraction of sp³-hybridized carbons (Fsp3) is 0.375.